The molecule has 5 rings (SSSR count). The predicted molar refractivity (Wildman–Crippen MR) is 157 cm³/mol. The van der Waals surface area contributed by atoms with Gasteiger partial charge in [0.05, 0.1) is 23.5 Å². The van der Waals surface area contributed by atoms with Crippen molar-refractivity contribution in [3.05, 3.63) is 140 Å². The van der Waals surface area contributed by atoms with Gasteiger partial charge in [-0.1, -0.05) is 54.1 Å². The molecule has 4 aromatic rings. The maximum atomic E-state index is 13.8. The van der Waals surface area contributed by atoms with Gasteiger partial charge in [0.1, 0.15) is 0 Å². The van der Waals surface area contributed by atoms with Gasteiger partial charge in [0, 0.05) is 22.9 Å². The molecule has 198 valence electrons. The summed E-state index contributed by atoms with van der Waals surface area (Å²) in [5.74, 6) is -0.430. The number of nitrogens with zero attached hydrogens (tertiary/aromatic N) is 4. The Hall–Kier alpha value is -4.97. The van der Waals surface area contributed by atoms with Crippen LogP contribution in [0, 0.1) is 6.92 Å². The fraction of sp³-hybridized carbons (Fsp3) is 0.0938. The standard InChI is InChI=1S/C32H25ClN4O3/c1-22-28(19-10-5-11-20-35(23(2)38)25-14-6-3-7-15-25)31(39)36(27-18-12-13-24(33)21-27)30-29(22)32(40)37(34-30)26-16-8-4-9-17-26/h3-4,6-19,21H,20H2,1-2H3. The van der Waals surface area contributed by atoms with Gasteiger partial charge in [-0.05, 0) is 73.2 Å². The van der Waals surface area contributed by atoms with Crippen LogP contribution >= 0.6 is 11.6 Å². The number of aromatic nitrogens is 1. The zero-order valence-corrected chi connectivity index (χ0v) is 22.7. The molecule has 0 saturated carbocycles. The van der Waals surface area contributed by atoms with Crippen molar-refractivity contribution in [1.82, 2.24) is 4.57 Å². The molecule has 2 heterocycles. The second-order valence-electron chi connectivity index (χ2n) is 9.08. The molecule has 0 unspecified atom stereocenters. The van der Waals surface area contributed by atoms with Crippen LogP contribution in [0.1, 0.15) is 22.8 Å². The summed E-state index contributed by atoms with van der Waals surface area (Å²) < 4.78 is 1.41. The van der Waals surface area contributed by atoms with Crippen molar-refractivity contribution >= 4 is 40.9 Å². The topological polar surface area (TPSA) is 75.0 Å². The Morgan fingerprint density at radius 1 is 0.975 bits per heavy atom. The van der Waals surface area contributed by atoms with Gasteiger partial charge in [0.15, 0.2) is 5.49 Å². The third-order valence-corrected chi connectivity index (χ3v) is 6.74. The van der Waals surface area contributed by atoms with E-state index >= 15 is 0 Å². The van der Waals surface area contributed by atoms with E-state index in [1.54, 1.807) is 66.4 Å². The number of carbonyl (C=O) groups is 2. The molecule has 0 radical (unpaired) electrons. The molecule has 7 nitrogen and oxygen atoms in total. The molecule has 0 aliphatic carbocycles. The molecule has 1 aliphatic rings. The fourth-order valence-corrected chi connectivity index (χ4v) is 4.73. The van der Waals surface area contributed by atoms with Gasteiger partial charge in [-0.2, -0.15) is 5.01 Å². The lowest BCUT2D eigenvalue weighted by Gasteiger charge is -2.18. The first-order chi connectivity index (χ1) is 19.4. The highest BCUT2D eigenvalue weighted by Gasteiger charge is 2.30. The number of para-hydroxylation sites is 2. The average molecular weight is 549 g/mol. The smallest absolute Gasteiger partial charge is 0.282 e. The number of pyridine rings is 1. The monoisotopic (exact) mass is 548 g/mol. The van der Waals surface area contributed by atoms with Crippen LogP contribution in [-0.2, 0) is 4.79 Å². The summed E-state index contributed by atoms with van der Waals surface area (Å²) in [6.45, 7) is 3.55. The van der Waals surface area contributed by atoms with Gasteiger partial charge >= 0.3 is 0 Å². The lowest BCUT2D eigenvalue weighted by atomic mass is 10.1. The Balaban J connectivity index is 1.62. The molecule has 3 aromatic carbocycles. The highest BCUT2D eigenvalue weighted by molar-refractivity contribution is 6.30. The van der Waals surface area contributed by atoms with Crippen LogP contribution < -0.4 is 26.2 Å². The van der Waals surface area contributed by atoms with Gasteiger partial charge in [0.25, 0.3) is 11.5 Å². The van der Waals surface area contributed by atoms with Crippen LogP contribution in [-0.4, -0.2) is 22.9 Å². The van der Waals surface area contributed by atoms with E-state index in [0.717, 1.165) is 5.69 Å². The van der Waals surface area contributed by atoms with Crippen LogP contribution in [0.2, 0.25) is 5.02 Å². The highest BCUT2D eigenvalue weighted by atomic mass is 35.5. The number of anilines is 2. The van der Waals surface area contributed by atoms with Crippen molar-refractivity contribution in [2.45, 2.75) is 13.8 Å². The lowest BCUT2D eigenvalue weighted by molar-refractivity contribution is -0.116. The predicted octanol–water partition coefficient (Wildman–Crippen LogP) is 4.54. The minimum absolute atomic E-state index is 0.0997. The SMILES string of the molecule is CC(=O)N(CC=C=CC=c1c(C)c2c(n(-c3cccc(Cl)c3)c1=O)=NN(c1ccccc1)C2=O)c1ccccc1. The molecule has 0 N–H and O–H groups in total. The zero-order valence-electron chi connectivity index (χ0n) is 21.9. The zero-order chi connectivity index (χ0) is 28.2. The quantitative estimate of drug-likeness (QED) is 0.332. The summed E-state index contributed by atoms with van der Waals surface area (Å²) in [4.78, 5) is 41.2. The second-order valence-corrected chi connectivity index (χ2v) is 9.52. The summed E-state index contributed by atoms with van der Waals surface area (Å²) in [6, 6.07) is 25.2. The van der Waals surface area contributed by atoms with Crippen molar-refractivity contribution in [3.8, 4) is 5.69 Å². The Kier molecular flexibility index (Phi) is 7.60. The number of benzene rings is 3. The number of fused-ring (bicyclic) bond motifs is 1. The van der Waals surface area contributed by atoms with E-state index in [1.165, 1.54) is 16.5 Å². The number of amides is 2. The minimum atomic E-state index is -0.349. The summed E-state index contributed by atoms with van der Waals surface area (Å²) in [5, 5.41) is 6.64. The third-order valence-electron chi connectivity index (χ3n) is 6.50. The fourth-order valence-electron chi connectivity index (χ4n) is 4.55. The largest absolute Gasteiger partial charge is 0.308 e. The maximum Gasteiger partial charge on any atom is 0.282 e. The van der Waals surface area contributed by atoms with Crippen LogP contribution in [0.4, 0.5) is 11.4 Å². The van der Waals surface area contributed by atoms with Crippen LogP contribution in [0.15, 0.2) is 113 Å². The third kappa shape index (κ3) is 5.16. The molecule has 0 saturated heterocycles. The van der Waals surface area contributed by atoms with E-state index in [2.05, 4.69) is 10.8 Å². The minimum Gasteiger partial charge on any atom is -0.308 e. The Morgan fingerprint density at radius 2 is 1.65 bits per heavy atom. The van der Waals surface area contributed by atoms with Crippen LogP contribution in [0.3, 0.4) is 0 Å². The molecule has 0 spiro atoms. The number of hydrogen-bond donors (Lipinski definition) is 0. The van der Waals surface area contributed by atoms with Gasteiger partial charge < -0.3 is 4.90 Å². The number of halogens is 1. The molecule has 2 amide bonds. The summed E-state index contributed by atoms with van der Waals surface area (Å²) in [5.41, 5.74) is 5.64. The molecule has 1 aromatic heterocycles. The van der Waals surface area contributed by atoms with E-state index < -0.39 is 0 Å². The van der Waals surface area contributed by atoms with Gasteiger partial charge in [0.2, 0.25) is 5.91 Å². The first kappa shape index (κ1) is 26.6. The molecular formula is C32H25ClN4O3. The van der Waals surface area contributed by atoms with E-state index in [0.29, 0.717) is 39.3 Å². The molecule has 40 heavy (non-hydrogen) atoms. The van der Waals surface area contributed by atoms with E-state index in [9.17, 15) is 14.4 Å². The summed E-state index contributed by atoms with van der Waals surface area (Å²) in [7, 11) is 0. The average Bonchev–Trinajstić information content (AvgIpc) is 3.29. The van der Waals surface area contributed by atoms with Crippen LogP contribution in [0.25, 0.3) is 11.8 Å². The Morgan fingerprint density at radius 3 is 2.33 bits per heavy atom. The molecule has 0 bridgehead atoms. The van der Waals surface area contributed by atoms with E-state index in [-0.39, 0.29) is 22.9 Å². The summed E-state index contributed by atoms with van der Waals surface area (Å²) >= 11 is 6.25. The first-order valence-electron chi connectivity index (χ1n) is 12.6. The van der Waals surface area contributed by atoms with Gasteiger partial charge in [-0.15, -0.1) is 10.8 Å². The van der Waals surface area contributed by atoms with E-state index in [1.807, 2.05) is 48.5 Å². The molecule has 1 aliphatic heterocycles. The Labute approximate surface area is 235 Å². The highest BCUT2D eigenvalue weighted by Crippen LogP contribution is 2.21. The number of hydrogen-bond acceptors (Lipinski definition) is 4. The van der Waals surface area contributed by atoms with Crippen molar-refractivity contribution < 1.29 is 9.59 Å². The number of carbonyl (C=O) groups excluding carboxylic acids is 2. The van der Waals surface area contributed by atoms with Crippen LogP contribution in [0.5, 0.6) is 0 Å². The second kappa shape index (κ2) is 11.4. The molecule has 0 atom stereocenters. The molecule has 8 heteroatoms. The normalized spacial score (nSPS) is 12.4. The number of rotatable bonds is 6. The van der Waals surface area contributed by atoms with Crippen molar-refractivity contribution in [3.63, 3.8) is 0 Å². The van der Waals surface area contributed by atoms with Crippen molar-refractivity contribution in [2.24, 2.45) is 5.10 Å². The summed E-state index contributed by atoms with van der Waals surface area (Å²) in [6.07, 6.45) is 4.93. The van der Waals surface area contributed by atoms with Crippen molar-refractivity contribution in [1.29, 1.82) is 0 Å². The first-order valence-corrected chi connectivity index (χ1v) is 13.0. The van der Waals surface area contributed by atoms with E-state index in [4.69, 9.17) is 11.6 Å². The molecular weight excluding hydrogens is 524 g/mol. The lowest BCUT2D eigenvalue weighted by Crippen LogP contribution is -2.45. The van der Waals surface area contributed by atoms with Gasteiger partial charge in [-0.25, -0.2) is 0 Å². The molecule has 0 fully saturated rings. The Bertz CT molecular complexity index is 1860. The maximum absolute atomic E-state index is 13.8. The van der Waals surface area contributed by atoms with Crippen molar-refractivity contribution in [2.75, 3.05) is 16.5 Å². The van der Waals surface area contributed by atoms with Gasteiger partial charge in [-0.3, -0.25) is 19.0 Å².